The SMILES string of the molecule is CCCC[C@H](/C=N\Nc1ccc([N+](=O)[O-])cn1)CC. The molecule has 6 heteroatoms. The molecule has 0 aromatic carbocycles. The highest BCUT2D eigenvalue weighted by atomic mass is 16.6. The number of rotatable bonds is 8. The Morgan fingerprint density at radius 3 is 2.84 bits per heavy atom. The van der Waals surface area contributed by atoms with E-state index >= 15 is 0 Å². The van der Waals surface area contributed by atoms with Crippen LogP contribution < -0.4 is 5.43 Å². The molecule has 0 amide bonds. The van der Waals surface area contributed by atoms with Crippen LogP contribution in [0.4, 0.5) is 11.5 Å². The van der Waals surface area contributed by atoms with Crippen molar-refractivity contribution in [2.45, 2.75) is 39.5 Å². The highest BCUT2D eigenvalue weighted by molar-refractivity contribution is 5.62. The van der Waals surface area contributed by atoms with Crippen molar-refractivity contribution in [3.8, 4) is 0 Å². The largest absolute Gasteiger partial charge is 0.287 e. The van der Waals surface area contributed by atoms with Crippen molar-refractivity contribution in [2.24, 2.45) is 11.0 Å². The lowest BCUT2D eigenvalue weighted by Crippen LogP contribution is -2.02. The molecule has 0 spiro atoms. The van der Waals surface area contributed by atoms with Gasteiger partial charge in [0.05, 0.1) is 4.92 Å². The molecule has 0 saturated carbocycles. The van der Waals surface area contributed by atoms with Crippen molar-refractivity contribution in [3.05, 3.63) is 28.4 Å². The molecule has 0 aliphatic rings. The van der Waals surface area contributed by atoms with Gasteiger partial charge in [-0.25, -0.2) is 4.98 Å². The van der Waals surface area contributed by atoms with Crippen LogP contribution in [0.25, 0.3) is 0 Å². The maximum atomic E-state index is 10.5. The molecule has 0 aliphatic heterocycles. The van der Waals surface area contributed by atoms with Crippen LogP contribution in [0.1, 0.15) is 39.5 Å². The van der Waals surface area contributed by atoms with E-state index < -0.39 is 4.92 Å². The number of nitro groups is 1. The molecule has 0 radical (unpaired) electrons. The Kier molecular flexibility index (Phi) is 6.49. The predicted molar refractivity (Wildman–Crippen MR) is 76.3 cm³/mol. The summed E-state index contributed by atoms with van der Waals surface area (Å²) in [6, 6.07) is 2.95. The van der Waals surface area contributed by atoms with Gasteiger partial charge in [-0.1, -0.05) is 26.7 Å². The third kappa shape index (κ3) is 5.46. The molecule has 1 rings (SSSR count). The summed E-state index contributed by atoms with van der Waals surface area (Å²) in [6.45, 7) is 4.30. The third-order valence-corrected chi connectivity index (χ3v) is 2.88. The minimum atomic E-state index is -0.474. The van der Waals surface area contributed by atoms with Gasteiger partial charge in [0.2, 0.25) is 0 Å². The Morgan fingerprint density at radius 1 is 1.53 bits per heavy atom. The van der Waals surface area contributed by atoms with E-state index in [9.17, 15) is 10.1 Å². The summed E-state index contributed by atoms with van der Waals surface area (Å²) in [5, 5.41) is 14.6. The fourth-order valence-corrected chi connectivity index (χ4v) is 1.62. The van der Waals surface area contributed by atoms with Crippen molar-refractivity contribution in [2.75, 3.05) is 5.43 Å². The monoisotopic (exact) mass is 264 g/mol. The molecule has 1 aromatic heterocycles. The average molecular weight is 264 g/mol. The molecular formula is C13H20N4O2. The number of nitrogens with zero attached hydrogens (tertiary/aromatic N) is 3. The van der Waals surface area contributed by atoms with Crippen LogP contribution in [0.3, 0.4) is 0 Å². The number of anilines is 1. The summed E-state index contributed by atoms with van der Waals surface area (Å²) >= 11 is 0. The summed E-state index contributed by atoms with van der Waals surface area (Å²) in [6.07, 6.45) is 7.66. The Bertz CT molecular complexity index is 417. The second-order valence-electron chi connectivity index (χ2n) is 4.36. The molecule has 0 fully saturated rings. The van der Waals surface area contributed by atoms with Crippen molar-refractivity contribution in [3.63, 3.8) is 0 Å². The summed E-state index contributed by atoms with van der Waals surface area (Å²) in [7, 11) is 0. The van der Waals surface area contributed by atoms with Gasteiger partial charge < -0.3 is 0 Å². The number of hydrogen-bond donors (Lipinski definition) is 1. The second kappa shape index (κ2) is 8.18. The molecule has 0 unspecified atom stereocenters. The van der Waals surface area contributed by atoms with Crippen LogP contribution in [0.15, 0.2) is 23.4 Å². The lowest BCUT2D eigenvalue weighted by molar-refractivity contribution is -0.385. The van der Waals surface area contributed by atoms with Gasteiger partial charge in [0.1, 0.15) is 12.0 Å². The Hall–Kier alpha value is -1.98. The lowest BCUT2D eigenvalue weighted by atomic mass is 10.0. The first kappa shape index (κ1) is 15.1. The van der Waals surface area contributed by atoms with Gasteiger partial charge >= 0.3 is 0 Å². The number of unbranched alkanes of at least 4 members (excludes halogenated alkanes) is 1. The Balaban J connectivity index is 2.48. The zero-order valence-corrected chi connectivity index (χ0v) is 11.4. The van der Waals surface area contributed by atoms with Gasteiger partial charge in [0, 0.05) is 12.3 Å². The molecule has 19 heavy (non-hydrogen) atoms. The molecule has 1 aromatic rings. The zero-order chi connectivity index (χ0) is 14.1. The van der Waals surface area contributed by atoms with Crippen LogP contribution in [0.5, 0.6) is 0 Å². The molecular weight excluding hydrogens is 244 g/mol. The third-order valence-electron chi connectivity index (χ3n) is 2.88. The number of pyridine rings is 1. The first-order chi connectivity index (χ1) is 9.17. The van der Waals surface area contributed by atoms with Crippen LogP contribution in [0.2, 0.25) is 0 Å². The van der Waals surface area contributed by atoms with E-state index in [2.05, 4.69) is 29.4 Å². The minimum Gasteiger partial charge on any atom is -0.262 e. The standard InChI is InChI=1S/C13H20N4O2/c1-3-5-6-11(4-2)9-15-16-13-8-7-12(10-14-13)17(18)19/h7-11H,3-6H2,1-2H3,(H,14,16)/b15-9-/t11-/m1/s1. The van der Waals surface area contributed by atoms with Crippen molar-refractivity contribution < 1.29 is 4.92 Å². The van der Waals surface area contributed by atoms with E-state index in [1.807, 2.05) is 6.21 Å². The first-order valence-corrected chi connectivity index (χ1v) is 6.57. The number of hydrazone groups is 1. The van der Waals surface area contributed by atoms with E-state index in [0.717, 1.165) is 12.8 Å². The number of hydrogen-bond acceptors (Lipinski definition) is 5. The first-order valence-electron chi connectivity index (χ1n) is 6.57. The van der Waals surface area contributed by atoms with Gasteiger partial charge in [0.15, 0.2) is 0 Å². The van der Waals surface area contributed by atoms with Gasteiger partial charge in [-0.2, -0.15) is 5.10 Å². The van der Waals surface area contributed by atoms with E-state index in [1.165, 1.54) is 25.1 Å². The molecule has 1 N–H and O–H groups in total. The topological polar surface area (TPSA) is 80.4 Å². The molecule has 0 bridgehead atoms. The summed E-state index contributed by atoms with van der Waals surface area (Å²) < 4.78 is 0. The van der Waals surface area contributed by atoms with E-state index in [1.54, 1.807) is 6.07 Å². The quantitative estimate of drug-likeness (QED) is 0.442. The smallest absolute Gasteiger partial charge is 0.262 e. The van der Waals surface area contributed by atoms with Crippen molar-refractivity contribution in [1.29, 1.82) is 0 Å². The molecule has 0 aliphatic carbocycles. The highest BCUT2D eigenvalue weighted by Crippen LogP contribution is 2.12. The minimum absolute atomic E-state index is 0.0242. The average Bonchev–Trinajstić information content (AvgIpc) is 2.43. The van der Waals surface area contributed by atoms with E-state index in [0.29, 0.717) is 11.7 Å². The maximum absolute atomic E-state index is 10.5. The second-order valence-corrected chi connectivity index (χ2v) is 4.36. The van der Waals surface area contributed by atoms with E-state index in [-0.39, 0.29) is 5.69 Å². The van der Waals surface area contributed by atoms with Crippen LogP contribution in [-0.2, 0) is 0 Å². The normalized spacial score (nSPS) is 12.5. The van der Waals surface area contributed by atoms with Gasteiger partial charge in [-0.3, -0.25) is 15.5 Å². The summed E-state index contributed by atoms with van der Waals surface area (Å²) in [4.78, 5) is 13.9. The van der Waals surface area contributed by atoms with Crippen LogP contribution >= 0.6 is 0 Å². The highest BCUT2D eigenvalue weighted by Gasteiger charge is 2.05. The number of nitrogens with one attached hydrogen (secondary N) is 1. The summed E-state index contributed by atoms with van der Waals surface area (Å²) in [5.41, 5.74) is 2.76. The van der Waals surface area contributed by atoms with Crippen molar-refractivity contribution >= 4 is 17.7 Å². The van der Waals surface area contributed by atoms with Gasteiger partial charge in [-0.15, -0.1) is 0 Å². The predicted octanol–water partition coefficient (Wildman–Crippen LogP) is 3.60. The molecule has 1 heterocycles. The summed E-state index contributed by atoms with van der Waals surface area (Å²) in [5.74, 6) is 0.970. The van der Waals surface area contributed by atoms with Gasteiger partial charge in [-0.05, 0) is 24.8 Å². The molecule has 1 atom stereocenters. The lowest BCUT2D eigenvalue weighted by Gasteiger charge is -2.07. The van der Waals surface area contributed by atoms with E-state index in [4.69, 9.17) is 0 Å². The maximum Gasteiger partial charge on any atom is 0.287 e. The fourth-order valence-electron chi connectivity index (χ4n) is 1.62. The Morgan fingerprint density at radius 2 is 2.32 bits per heavy atom. The van der Waals surface area contributed by atoms with Crippen molar-refractivity contribution in [1.82, 2.24) is 4.98 Å². The zero-order valence-electron chi connectivity index (χ0n) is 11.4. The van der Waals surface area contributed by atoms with Crippen LogP contribution in [-0.4, -0.2) is 16.1 Å². The number of aromatic nitrogens is 1. The van der Waals surface area contributed by atoms with Gasteiger partial charge in [0.25, 0.3) is 5.69 Å². The molecule has 0 saturated heterocycles. The Labute approximate surface area is 113 Å². The molecule has 104 valence electrons. The van der Waals surface area contributed by atoms with Crippen LogP contribution in [0, 0.1) is 16.0 Å². The fraction of sp³-hybridized carbons (Fsp3) is 0.538. The molecule has 6 nitrogen and oxygen atoms in total.